The summed E-state index contributed by atoms with van der Waals surface area (Å²) in [5, 5.41) is 24.7. The number of aliphatic hydroxyl groups is 2. The Morgan fingerprint density at radius 2 is 1.90 bits per heavy atom. The fourth-order valence-electron chi connectivity index (χ4n) is 3.06. The molecule has 0 aliphatic rings. The summed E-state index contributed by atoms with van der Waals surface area (Å²) in [4.78, 5) is 0. The van der Waals surface area contributed by atoms with Crippen LogP contribution in [0.15, 0.2) is 54.6 Å². The third-order valence-electron chi connectivity index (χ3n) is 5.27. The van der Waals surface area contributed by atoms with Crippen molar-refractivity contribution in [2.45, 2.75) is 45.3 Å². The molecule has 7 heteroatoms. The number of rotatable bonds is 9. The zero-order chi connectivity index (χ0) is 21.7. The number of ether oxygens (including phenoxy) is 2. The number of benzene rings is 2. The molecule has 0 amide bonds. The van der Waals surface area contributed by atoms with Gasteiger partial charge in [-0.25, -0.2) is 0 Å². The Morgan fingerprint density at radius 1 is 1.13 bits per heavy atom. The Kier molecular flexibility index (Phi) is 7.15. The molecule has 1 atom stereocenters. The topological polar surface area (TPSA) is 76.7 Å². The van der Waals surface area contributed by atoms with Crippen molar-refractivity contribution in [3.05, 3.63) is 70.9 Å². The zero-order valence-electron chi connectivity index (χ0n) is 17.4. The average Bonchev–Trinajstić information content (AvgIpc) is 3.16. The Balaban J connectivity index is 1.95. The number of aliphatic hydroxyl groups excluding tert-OH is 1. The van der Waals surface area contributed by atoms with Gasteiger partial charge < -0.3 is 19.7 Å². The largest absolute Gasteiger partial charge is 0.497 e. The van der Waals surface area contributed by atoms with E-state index in [1.165, 1.54) is 0 Å². The monoisotopic (exact) mass is 430 g/mol. The molecule has 0 fully saturated rings. The lowest BCUT2D eigenvalue weighted by Crippen LogP contribution is -2.41. The maximum atomic E-state index is 9.65. The predicted octanol–water partition coefficient (Wildman–Crippen LogP) is 4.26. The Morgan fingerprint density at radius 3 is 2.57 bits per heavy atom. The van der Waals surface area contributed by atoms with Gasteiger partial charge in [0, 0.05) is 10.6 Å². The van der Waals surface area contributed by atoms with Gasteiger partial charge in [-0.1, -0.05) is 48.9 Å². The molecule has 0 spiro atoms. The highest BCUT2D eigenvalue weighted by molar-refractivity contribution is 6.31. The molecule has 1 heterocycles. The fraction of sp³-hybridized carbons (Fsp3) is 0.348. The highest BCUT2D eigenvalue weighted by Crippen LogP contribution is 2.28. The van der Waals surface area contributed by atoms with Gasteiger partial charge in [0.2, 0.25) is 0 Å². The van der Waals surface area contributed by atoms with E-state index >= 15 is 0 Å². The number of aromatic nitrogens is 2. The molecule has 0 aliphatic heterocycles. The van der Waals surface area contributed by atoms with Crippen molar-refractivity contribution < 1.29 is 19.7 Å². The molecule has 2 N–H and O–H groups in total. The summed E-state index contributed by atoms with van der Waals surface area (Å²) in [6.07, 6.45) is -1.13. The minimum Gasteiger partial charge on any atom is -0.497 e. The molecule has 3 aromatic rings. The first-order valence-corrected chi connectivity index (χ1v) is 10.2. The van der Waals surface area contributed by atoms with E-state index in [4.69, 9.17) is 26.2 Å². The minimum atomic E-state index is -1.58. The van der Waals surface area contributed by atoms with E-state index in [2.05, 4.69) is 0 Å². The Bertz CT molecular complexity index is 989. The van der Waals surface area contributed by atoms with Crippen LogP contribution in [-0.4, -0.2) is 39.0 Å². The fourth-order valence-corrected chi connectivity index (χ4v) is 3.26. The van der Waals surface area contributed by atoms with Gasteiger partial charge in [-0.05, 0) is 43.2 Å². The van der Waals surface area contributed by atoms with Crippen LogP contribution in [0.25, 0.3) is 11.3 Å². The molecule has 1 unspecified atom stereocenters. The number of halogens is 1. The normalized spacial score (nSPS) is 13.4. The zero-order valence-corrected chi connectivity index (χ0v) is 18.1. The molecule has 2 aromatic carbocycles. The molecular weight excluding hydrogens is 404 g/mol. The van der Waals surface area contributed by atoms with Gasteiger partial charge in [0.15, 0.2) is 6.29 Å². The van der Waals surface area contributed by atoms with Crippen molar-refractivity contribution in [3.8, 4) is 17.0 Å². The molecule has 1 aromatic heterocycles. The Labute approximate surface area is 181 Å². The summed E-state index contributed by atoms with van der Waals surface area (Å²) in [7, 11) is 1.63. The number of hydrogen-bond acceptors (Lipinski definition) is 5. The van der Waals surface area contributed by atoms with Gasteiger partial charge in [-0.15, -0.1) is 0 Å². The quantitative estimate of drug-likeness (QED) is 0.496. The van der Waals surface area contributed by atoms with Gasteiger partial charge in [-0.3, -0.25) is 4.68 Å². The van der Waals surface area contributed by atoms with Gasteiger partial charge in [0.25, 0.3) is 0 Å². The van der Waals surface area contributed by atoms with E-state index in [1.54, 1.807) is 14.0 Å². The molecule has 3 rings (SSSR count). The van der Waals surface area contributed by atoms with Gasteiger partial charge >= 0.3 is 0 Å². The predicted molar refractivity (Wildman–Crippen MR) is 116 cm³/mol. The second-order valence-corrected chi connectivity index (χ2v) is 7.74. The standard InChI is InChI=1S/C23H27ClN2O4/c1-4-23(2,22(27)28)30-15-18-13-21(16-9-7-10-19(12-16)29-3)26(25-18)14-17-8-5-6-11-20(17)24/h5-13,22,27-28H,4,14-15H2,1-3H3. The molecular formula is C23H27ClN2O4. The van der Waals surface area contributed by atoms with Crippen LogP contribution in [0.3, 0.4) is 0 Å². The SMILES string of the molecule is CCC(C)(OCc1cc(-c2cccc(OC)c2)n(Cc2ccccc2Cl)n1)C(O)O. The highest BCUT2D eigenvalue weighted by Gasteiger charge is 2.31. The summed E-state index contributed by atoms with van der Waals surface area (Å²) in [5.74, 6) is 0.748. The summed E-state index contributed by atoms with van der Waals surface area (Å²) in [6, 6.07) is 17.3. The van der Waals surface area contributed by atoms with Gasteiger partial charge in [0.05, 0.1) is 31.6 Å². The van der Waals surface area contributed by atoms with Crippen LogP contribution in [0.1, 0.15) is 31.5 Å². The minimum absolute atomic E-state index is 0.147. The van der Waals surface area contributed by atoms with Crippen molar-refractivity contribution in [2.24, 2.45) is 0 Å². The maximum Gasteiger partial charge on any atom is 0.181 e. The van der Waals surface area contributed by atoms with E-state index < -0.39 is 11.9 Å². The van der Waals surface area contributed by atoms with Crippen molar-refractivity contribution in [3.63, 3.8) is 0 Å². The van der Waals surface area contributed by atoms with Crippen LogP contribution in [0.4, 0.5) is 0 Å². The lowest BCUT2D eigenvalue weighted by molar-refractivity contribution is -0.207. The lowest BCUT2D eigenvalue weighted by atomic mass is 10.0. The Hall–Kier alpha value is -2.38. The van der Waals surface area contributed by atoms with E-state index in [1.807, 2.05) is 66.2 Å². The van der Waals surface area contributed by atoms with Crippen LogP contribution >= 0.6 is 11.6 Å². The van der Waals surface area contributed by atoms with Crippen molar-refractivity contribution in [2.75, 3.05) is 7.11 Å². The molecule has 0 saturated heterocycles. The molecule has 6 nitrogen and oxygen atoms in total. The maximum absolute atomic E-state index is 9.65. The number of methoxy groups -OCH3 is 1. The van der Waals surface area contributed by atoms with Crippen LogP contribution in [0.2, 0.25) is 5.02 Å². The molecule has 0 saturated carbocycles. The third kappa shape index (κ3) is 5.02. The van der Waals surface area contributed by atoms with E-state index in [-0.39, 0.29) is 6.61 Å². The summed E-state index contributed by atoms with van der Waals surface area (Å²) < 4.78 is 13.1. The first kappa shape index (κ1) is 22.3. The second kappa shape index (κ2) is 9.62. The van der Waals surface area contributed by atoms with Crippen molar-refractivity contribution >= 4 is 11.6 Å². The van der Waals surface area contributed by atoms with Crippen molar-refractivity contribution in [1.82, 2.24) is 9.78 Å². The van der Waals surface area contributed by atoms with Crippen LogP contribution in [0.5, 0.6) is 5.75 Å². The molecule has 0 bridgehead atoms. The van der Waals surface area contributed by atoms with E-state index in [9.17, 15) is 10.2 Å². The smallest absolute Gasteiger partial charge is 0.181 e. The third-order valence-corrected chi connectivity index (χ3v) is 5.64. The molecule has 0 radical (unpaired) electrons. The lowest BCUT2D eigenvalue weighted by Gasteiger charge is -2.29. The first-order chi connectivity index (χ1) is 14.4. The van der Waals surface area contributed by atoms with Gasteiger partial charge in [-0.2, -0.15) is 5.10 Å². The first-order valence-electron chi connectivity index (χ1n) is 9.81. The summed E-state index contributed by atoms with van der Waals surface area (Å²) >= 11 is 6.36. The number of nitrogens with zero attached hydrogens (tertiary/aromatic N) is 2. The molecule has 30 heavy (non-hydrogen) atoms. The van der Waals surface area contributed by atoms with Crippen molar-refractivity contribution in [1.29, 1.82) is 0 Å². The molecule has 0 aliphatic carbocycles. The van der Waals surface area contributed by atoms with E-state index in [0.717, 1.165) is 22.6 Å². The number of hydrogen-bond donors (Lipinski definition) is 2. The van der Waals surface area contributed by atoms with Gasteiger partial charge in [0.1, 0.15) is 11.4 Å². The van der Waals surface area contributed by atoms with Crippen LogP contribution < -0.4 is 4.74 Å². The summed E-state index contributed by atoms with van der Waals surface area (Å²) in [5.41, 5.74) is 2.39. The summed E-state index contributed by atoms with van der Waals surface area (Å²) in [6.45, 7) is 4.15. The van der Waals surface area contributed by atoms with Crippen LogP contribution in [0, 0.1) is 0 Å². The van der Waals surface area contributed by atoms with Crippen LogP contribution in [-0.2, 0) is 17.9 Å². The average molecular weight is 431 g/mol. The van der Waals surface area contributed by atoms with E-state index in [0.29, 0.717) is 23.7 Å². The second-order valence-electron chi connectivity index (χ2n) is 7.33. The highest BCUT2D eigenvalue weighted by atomic mass is 35.5. The molecule has 160 valence electrons.